The van der Waals surface area contributed by atoms with Crippen LogP contribution in [0.1, 0.15) is 67.7 Å². The molecule has 3 atom stereocenters. The van der Waals surface area contributed by atoms with Crippen LogP contribution in [0, 0.1) is 11.8 Å². The van der Waals surface area contributed by atoms with Crippen molar-refractivity contribution < 1.29 is 19.1 Å². The molecule has 0 amide bonds. The molecule has 1 fully saturated rings. The van der Waals surface area contributed by atoms with Crippen LogP contribution >= 0.6 is 0 Å². The normalized spacial score (nSPS) is 23.4. The molecule has 0 saturated heterocycles. The van der Waals surface area contributed by atoms with Crippen LogP contribution < -0.4 is 0 Å². The standard InChI is InChI=1S/C23H42O4Si/c1-10-26-21(24)14-18(3)19-15-20(19)23(7,25)13-11-12-17(2)16-27-28(8,9)22(4,5)6/h12,14,19-20,25H,10-11,13,15-16H2,1-9H3/b17-12+,18-14+/t19-,20+,23+/m1/s1. The molecule has 5 heteroatoms. The number of allylic oxidation sites excluding steroid dienone is 2. The van der Waals surface area contributed by atoms with Crippen molar-refractivity contribution >= 4 is 14.3 Å². The summed E-state index contributed by atoms with van der Waals surface area (Å²) < 4.78 is 11.2. The first-order valence-electron chi connectivity index (χ1n) is 10.6. The average molecular weight is 411 g/mol. The monoisotopic (exact) mass is 410 g/mol. The molecule has 0 unspecified atom stereocenters. The predicted molar refractivity (Wildman–Crippen MR) is 119 cm³/mol. The van der Waals surface area contributed by atoms with E-state index >= 15 is 0 Å². The van der Waals surface area contributed by atoms with E-state index in [4.69, 9.17) is 9.16 Å². The Hall–Kier alpha value is -0.913. The number of carbonyl (C=O) groups is 1. The van der Waals surface area contributed by atoms with E-state index in [2.05, 4.69) is 46.9 Å². The number of carbonyl (C=O) groups excluding carboxylic acids is 1. The smallest absolute Gasteiger partial charge is 0.330 e. The Morgan fingerprint density at radius 2 is 1.82 bits per heavy atom. The Morgan fingerprint density at radius 3 is 2.36 bits per heavy atom. The number of aliphatic hydroxyl groups is 1. The summed E-state index contributed by atoms with van der Waals surface area (Å²) in [5, 5.41) is 11.1. The van der Waals surface area contributed by atoms with Crippen molar-refractivity contribution in [2.45, 2.75) is 91.5 Å². The zero-order valence-electron chi connectivity index (χ0n) is 19.5. The second-order valence-corrected chi connectivity index (χ2v) is 14.9. The van der Waals surface area contributed by atoms with Crippen LogP contribution in [0.5, 0.6) is 0 Å². The van der Waals surface area contributed by atoms with Gasteiger partial charge in [0.2, 0.25) is 0 Å². The van der Waals surface area contributed by atoms with E-state index < -0.39 is 13.9 Å². The number of esters is 1. The molecule has 1 aliphatic rings. The first-order valence-corrected chi connectivity index (χ1v) is 13.5. The van der Waals surface area contributed by atoms with E-state index in [1.807, 2.05) is 13.8 Å². The summed E-state index contributed by atoms with van der Waals surface area (Å²) in [6.07, 6.45) is 6.26. The Bertz CT molecular complexity index is 596. The van der Waals surface area contributed by atoms with Crippen LogP contribution in [0.15, 0.2) is 23.3 Å². The van der Waals surface area contributed by atoms with Gasteiger partial charge in [0, 0.05) is 6.08 Å². The van der Waals surface area contributed by atoms with E-state index in [1.165, 1.54) is 5.57 Å². The summed E-state index contributed by atoms with van der Waals surface area (Å²) in [5.74, 6) is 0.215. The maximum atomic E-state index is 11.6. The van der Waals surface area contributed by atoms with E-state index in [0.29, 0.717) is 13.2 Å². The highest BCUT2D eigenvalue weighted by atomic mass is 28.4. The maximum Gasteiger partial charge on any atom is 0.330 e. The highest BCUT2D eigenvalue weighted by Crippen LogP contribution is 2.52. The molecule has 0 aromatic heterocycles. The van der Waals surface area contributed by atoms with Crippen molar-refractivity contribution in [3.8, 4) is 0 Å². The number of ether oxygens (including phenoxy) is 1. The third kappa shape index (κ3) is 7.49. The Kier molecular flexibility index (Phi) is 8.73. The molecule has 1 aliphatic carbocycles. The summed E-state index contributed by atoms with van der Waals surface area (Å²) in [4.78, 5) is 11.6. The fraction of sp³-hybridized carbons (Fsp3) is 0.783. The zero-order valence-corrected chi connectivity index (χ0v) is 20.5. The zero-order chi connectivity index (χ0) is 21.8. The van der Waals surface area contributed by atoms with Crippen molar-refractivity contribution in [3.05, 3.63) is 23.3 Å². The van der Waals surface area contributed by atoms with E-state index in [9.17, 15) is 9.90 Å². The lowest BCUT2D eigenvalue weighted by molar-refractivity contribution is -0.137. The molecule has 0 spiro atoms. The van der Waals surface area contributed by atoms with Gasteiger partial charge in [-0.05, 0) is 76.9 Å². The van der Waals surface area contributed by atoms with Gasteiger partial charge >= 0.3 is 5.97 Å². The molecule has 0 aromatic carbocycles. The van der Waals surface area contributed by atoms with Gasteiger partial charge in [-0.1, -0.05) is 38.0 Å². The quantitative estimate of drug-likeness (QED) is 0.219. The second-order valence-electron chi connectivity index (χ2n) is 10.1. The van der Waals surface area contributed by atoms with E-state index in [0.717, 1.165) is 24.8 Å². The third-order valence-corrected chi connectivity index (χ3v) is 10.9. The Labute approximate surface area is 173 Å². The topological polar surface area (TPSA) is 55.8 Å². The summed E-state index contributed by atoms with van der Waals surface area (Å²) in [6.45, 7) is 20.1. The minimum absolute atomic E-state index is 0.215. The number of rotatable bonds is 10. The number of hydrogen-bond acceptors (Lipinski definition) is 4. The summed E-state index contributed by atoms with van der Waals surface area (Å²) >= 11 is 0. The molecule has 1 N–H and O–H groups in total. The summed E-state index contributed by atoms with van der Waals surface area (Å²) in [7, 11) is -1.73. The molecule has 0 heterocycles. The molecule has 0 aliphatic heterocycles. The molecule has 1 rings (SSSR count). The molecular weight excluding hydrogens is 368 g/mol. The van der Waals surface area contributed by atoms with Gasteiger partial charge in [0.25, 0.3) is 0 Å². The molecule has 162 valence electrons. The summed E-state index contributed by atoms with van der Waals surface area (Å²) in [6, 6.07) is 0. The first kappa shape index (κ1) is 25.1. The van der Waals surface area contributed by atoms with Gasteiger partial charge in [0.05, 0.1) is 18.8 Å². The molecule has 1 saturated carbocycles. The Balaban J connectivity index is 2.50. The van der Waals surface area contributed by atoms with Crippen LogP contribution in [0.4, 0.5) is 0 Å². The van der Waals surface area contributed by atoms with Crippen LogP contribution in [0.25, 0.3) is 0 Å². The van der Waals surface area contributed by atoms with Crippen LogP contribution in [0.2, 0.25) is 18.1 Å². The van der Waals surface area contributed by atoms with Crippen LogP contribution in [-0.4, -0.2) is 38.2 Å². The first-order chi connectivity index (χ1) is 12.7. The van der Waals surface area contributed by atoms with Crippen molar-refractivity contribution in [3.63, 3.8) is 0 Å². The maximum absolute atomic E-state index is 11.6. The summed E-state index contributed by atoms with van der Waals surface area (Å²) in [5.41, 5.74) is 1.52. The third-order valence-electron chi connectivity index (χ3n) is 6.42. The molecular formula is C23H42O4Si. The molecule has 0 aromatic rings. The Morgan fingerprint density at radius 1 is 1.21 bits per heavy atom. The lowest BCUT2D eigenvalue weighted by Gasteiger charge is -2.36. The number of hydrogen-bond donors (Lipinski definition) is 1. The van der Waals surface area contributed by atoms with Gasteiger partial charge in [0.1, 0.15) is 0 Å². The van der Waals surface area contributed by atoms with Crippen LogP contribution in [-0.2, 0) is 14.0 Å². The van der Waals surface area contributed by atoms with Gasteiger partial charge in [0.15, 0.2) is 8.32 Å². The van der Waals surface area contributed by atoms with Crippen molar-refractivity contribution in [1.29, 1.82) is 0 Å². The minimum atomic E-state index is -1.73. The predicted octanol–water partition coefficient (Wildman–Crippen LogP) is 5.63. The van der Waals surface area contributed by atoms with Gasteiger partial charge in [-0.3, -0.25) is 0 Å². The van der Waals surface area contributed by atoms with Crippen LogP contribution in [0.3, 0.4) is 0 Å². The molecule has 0 bridgehead atoms. The van der Waals surface area contributed by atoms with Crippen molar-refractivity contribution in [2.75, 3.05) is 13.2 Å². The van der Waals surface area contributed by atoms with Gasteiger partial charge in [-0.15, -0.1) is 0 Å². The second kappa shape index (κ2) is 9.73. The fourth-order valence-electron chi connectivity index (χ4n) is 3.23. The van der Waals surface area contributed by atoms with Gasteiger partial charge in [-0.2, -0.15) is 0 Å². The minimum Gasteiger partial charge on any atom is -0.463 e. The highest BCUT2D eigenvalue weighted by molar-refractivity contribution is 6.74. The molecule has 4 nitrogen and oxygen atoms in total. The van der Waals surface area contributed by atoms with E-state index in [1.54, 1.807) is 13.0 Å². The molecule has 28 heavy (non-hydrogen) atoms. The largest absolute Gasteiger partial charge is 0.463 e. The van der Waals surface area contributed by atoms with Gasteiger partial charge in [-0.25, -0.2) is 4.79 Å². The van der Waals surface area contributed by atoms with E-state index in [-0.39, 0.29) is 22.8 Å². The lowest BCUT2D eigenvalue weighted by atomic mass is 9.91. The van der Waals surface area contributed by atoms with Gasteiger partial charge < -0.3 is 14.3 Å². The SMILES string of the molecule is CCOC(=O)/C=C(\C)[C@H]1C[C@@H]1[C@@](C)(O)CC/C=C(\C)CO[Si](C)(C)C(C)(C)C. The average Bonchev–Trinajstić information content (AvgIpc) is 3.33. The van der Waals surface area contributed by atoms with Crippen molar-refractivity contribution in [2.24, 2.45) is 11.8 Å². The highest BCUT2D eigenvalue weighted by Gasteiger charge is 2.49. The fourth-order valence-corrected chi connectivity index (χ4v) is 4.25. The molecule has 0 radical (unpaired) electrons. The lowest BCUT2D eigenvalue weighted by Crippen LogP contribution is -2.41. The van der Waals surface area contributed by atoms with Crippen molar-refractivity contribution in [1.82, 2.24) is 0 Å².